The van der Waals surface area contributed by atoms with E-state index in [1.807, 2.05) is 36.4 Å². The number of carbonyl (C=O) groups is 1. The number of rotatable bonds is 4. The molecule has 122 valence electrons. The second kappa shape index (κ2) is 6.24. The van der Waals surface area contributed by atoms with Gasteiger partial charge >= 0.3 is 0 Å². The third kappa shape index (κ3) is 2.99. The molecule has 7 heteroatoms. The lowest BCUT2D eigenvalue weighted by atomic mass is 10.1. The van der Waals surface area contributed by atoms with E-state index in [0.717, 1.165) is 15.8 Å². The minimum atomic E-state index is -0.0825. The van der Waals surface area contributed by atoms with Crippen LogP contribution in [0.25, 0.3) is 11.4 Å². The minimum absolute atomic E-state index is 0.0682. The molecule has 3 heterocycles. The van der Waals surface area contributed by atoms with Gasteiger partial charge in [0, 0.05) is 23.0 Å². The van der Waals surface area contributed by atoms with Gasteiger partial charge in [-0.2, -0.15) is 4.98 Å². The highest BCUT2D eigenvalue weighted by Crippen LogP contribution is 2.30. The molecule has 0 aliphatic carbocycles. The number of aromatic nitrogens is 2. The van der Waals surface area contributed by atoms with E-state index in [1.165, 1.54) is 0 Å². The van der Waals surface area contributed by atoms with Gasteiger partial charge < -0.3 is 13.8 Å². The van der Waals surface area contributed by atoms with Crippen LogP contribution in [0.3, 0.4) is 0 Å². The van der Waals surface area contributed by atoms with Crippen molar-refractivity contribution in [3.05, 3.63) is 58.8 Å². The van der Waals surface area contributed by atoms with Crippen molar-refractivity contribution >= 4 is 21.8 Å². The Labute approximate surface area is 146 Å². The number of hydrogen-bond acceptors (Lipinski definition) is 5. The van der Waals surface area contributed by atoms with Gasteiger partial charge in [0.2, 0.25) is 17.6 Å². The molecule has 6 nitrogen and oxygen atoms in total. The van der Waals surface area contributed by atoms with Crippen molar-refractivity contribution in [1.29, 1.82) is 0 Å². The monoisotopic (exact) mass is 387 g/mol. The van der Waals surface area contributed by atoms with Gasteiger partial charge in [-0.3, -0.25) is 4.79 Å². The van der Waals surface area contributed by atoms with Gasteiger partial charge in [-0.25, -0.2) is 0 Å². The summed E-state index contributed by atoms with van der Waals surface area (Å²) in [6.45, 7) is 1.02. The molecule has 1 aliphatic rings. The van der Waals surface area contributed by atoms with Crippen molar-refractivity contribution < 1.29 is 13.7 Å². The van der Waals surface area contributed by atoms with Gasteiger partial charge in [0.05, 0.1) is 18.7 Å². The predicted octanol–water partition coefficient (Wildman–Crippen LogP) is 3.61. The van der Waals surface area contributed by atoms with Crippen molar-refractivity contribution in [3.8, 4) is 11.4 Å². The molecule has 1 atom stereocenters. The lowest BCUT2D eigenvalue weighted by molar-refractivity contribution is -0.128. The lowest BCUT2D eigenvalue weighted by Crippen LogP contribution is -2.24. The summed E-state index contributed by atoms with van der Waals surface area (Å²) in [5, 5.41) is 4.04. The van der Waals surface area contributed by atoms with Gasteiger partial charge in [-0.1, -0.05) is 33.2 Å². The smallest absolute Gasteiger partial charge is 0.232 e. The second-order valence-corrected chi connectivity index (χ2v) is 6.64. The molecule has 1 saturated heterocycles. The summed E-state index contributed by atoms with van der Waals surface area (Å²) in [5.41, 5.74) is 0.871. The Kier molecular flexibility index (Phi) is 3.93. The first kappa shape index (κ1) is 15.1. The van der Waals surface area contributed by atoms with Gasteiger partial charge in [-0.15, -0.1) is 0 Å². The van der Waals surface area contributed by atoms with Crippen LogP contribution in [-0.4, -0.2) is 27.5 Å². The Morgan fingerprint density at radius 1 is 1.29 bits per heavy atom. The Morgan fingerprint density at radius 2 is 2.21 bits per heavy atom. The Hall–Kier alpha value is -2.41. The minimum Gasteiger partial charge on any atom is -0.467 e. The first-order valence-electron chi connectivity index (χ1n) is 7.59. The number of nitrogens with zero attached hydrogens (tertiary/aromatic N) is 3. The molecule has 1 fully saturated rings. The molecular weight excluding hydrogens is 374 g/mol. The van der Waals surface area contributed by atoms with E-state index in [0.29, 0.717) is 31.2 Å². The van der Waals surface area contributed by atoms with Crippen molar-refractivity contribution in [2.24, 2.45) is 0 Å². The molecule has 1 unspecified atom stereocenters. The molecule has 0 radical (unpaired) electrons. The maximum absolute atomic E-state index is 12.2. The fraction of sp³-hybridized carbons (Fsp3) is 0.235. The quantitative estimate of drug-likeness (QED) is 0.683. The Balaban J connectivity index is 1.50. The van der Waals surface area contributed by atoms with Crippen molar-refractivity contribution in [2.75, 3.05) is 6.54 Å². The SMILES string of the molecule is O=C1CC(c2nc(-c3cccc(Br)c3)no2)CN1Cc1ccco1. The summed E-state index contributed by atoms with van der Waals surface area (Å²) >= 11 is 3.43. The molecular formula is C17H14BrN3O3. The van der Waals surface area contributed by atoms with Crippen LogP contribution in [0.4, 0.5) is 0 Å². The highest BCUT2D eigenvalue weighted by Gasteiger charge is 2.34. The van der Waals surface area contributed by atoms with Crippen LogP contribution in [-0.2, 0) is 11.3 Å². The van der Waals surface area contributed by atoms with Gasteiger partial charge in [0.15, 0.2) is 0 Å². The summed E-state index contributed by atoms with van der Waals surface area (Å²) in [6.07, 6.45) is 1.98. The fourth-order valence-corrected chi connectivity index (χ4v) is 3.23. The van der Waals surface area contributed by atoms with Gasteiger partial charge in [0.1, 0.15) is 5.76 Å². The number of hydrogen-bond donors (Lipinski definition) is 0. The van der Waals surface area contributed by atoms with Crippen LogP contribution in [0.5, 0.6) is 0 Å². The summed E-state index contributed by atoms with van der Waals surface area (Å²) in [5.74, 6) is 1.78. The van der Waals surface area contributed by atoms with E-state index in [9.17, 15) is 4.79 Å². The van der Waals surface area contributed by atoms with Crippen molar-refractivity contribution in [2.45, 2.75) is 18.9 Å². The standard InChI is InChI=1S/C17H14BrN3O3/c18-13-4-1-3-11(7-13)16-19-17(24-20-16)12-8-15(22)21(9-12)10-14-5-2-6-23-14/h1-7,12H,8-10H2. The number of benzene rings is 1. The molecule has 1 aliphatic heterocycles. The maximum atomic E-state index is 12.2. The molecule has 1 aromatic carbocycles. The van der Waals surface area contributed by atoms with E-state index in [2.05, 4.69) is 26.1 Å². The van der Waals surface area contributed by atoms with Crippen LogP contribution < -0.4 is 0 Å². The largest absolute Gasteiger partial charge is 0.467 e. The molecule has 0 spiro atoms. The van der Waals surface area contributed by atoms with Crippen LogP contribution in [0.1, 0.15) is 24.0 Å². The highest BCUT2D eigenvalue weighted by molar-refractivity contribution is 9.10. The van der Waals surface area contributed by atoms with E-state index in [4.69, 9.17) is 8.94 Å². The number of likely N-dealkylation sites (tertiary alicyclic amines) is 1. The summed E-state index contributed by atoms with van der Waals surface area (Å²) in [7, 11) is 0. The van der Waals surface area contributed by atoms with Crippen molar-refractivity contribution in [1.82, 2.24) is 15.0 Å². The van der Waals surface area contributed by atoms with E-state index in [-0.39, 0.29) is 11.8 Å². The summed E-state index contributed by atoms with van der Waals surface area (Å²) in [6, 6.07) is 11.4. The predicted molar refractivity (Wildman–Crippen MR) is 88.9 cm³/mol. The van der Waals surface area contributed by atoms with Crippen molar-refractivity contribution in [3.63, 3.8) is 0 Å². The van der Waals surface area contributed by atoms with Crippen LogP contribution in [0, 0.1) is 0 Å². The molecule has 0 N–H and O–H groups in total. The van der Waals surface area contributed by atoms with E-state index in [1.54, 1.807) is 11.2 Å². The highest BCUT2D eigenvalue weighted by atomic mass is 79.9. The van der Waals surface area contributed by atoms with Gasteiger partial charge in [-0.05, 0) is 24.3 Å². The first-order valence-corrected chi connectivity index (χ1v) is 8.38. The summed E-state index contributed by atoms with van der Waals surface area (Å²) in [4.78, 5) is 18.4. The molecule has 0 saturated carbocycles. The third-order valence-electron chi connectivity index (χ3n) is 4.02. The topological polar surface area (TPSA) is 72.4 Å². The molecule has 4 rings (SSSR count). The first-order chi connectivity index (χ1) is 11.7. The van der Waals surface area contributed by atoms with Crippen LogP contribution in [0.15, 0.2) is 56.1 Å². The maximum Gasteiger partial charge on any atom is 0.232 e. The number of amides is 1. The van der Waals surface area contributed by atoms with Gasteiger partial charge in [0.25, 0.3) is 0 Å². The third-order valence-corrected chi connectivity index (χ3v) is 4.51. The average molecular weight is 388 g/mol. The molecule has 2 aromatic heterocycles. The molecule has 1 amide bonds. The zero-order valence-electron chi connectivity index (χ0n) is 12.7. The molecule has 0 bridgehead atoms. The second-order valence-electron chi connectivity index (χ2n) is 5.72. The van der Waals surface area contributed by atoms with E-state index < -0.39 is 0 Å². The lowest BCUT2D eigenvalue weighted by Gasteiger charge is -2.13. The van der Waals surface area contributed by atoms with Crippen LogP contribution >= 0.6 is 15.9 Å². The Morgan fingerprint density at radius 3 is 3.00 bits per heavy atom. The zero-order valence-corrected chi connectivity index (χ0v) is 14.3. The Bertz CT molecular complexity index is 860. The molecule has 3 aromatic rings. The number of carbonyl (C=O) groups excluding carboxylic acids is 1. The normalized spacial score (nSPS) is 17.6. The zero-order chi connectivity index (χ0) is 16.5. The number of furan rings is 1. The summed E-state index contributed by atoms with van der Waals surface area (Å²) < 4.78 is 11.7. The van der Waals surface area contributed by atoms with Crippen LogP contribution in [0.2, 0.25) is 0 Å². The van der Waals surface area contributed by atoms with E-state index >= 15 is 0 Å². The fourth-order valence-electron chi connectivity index (χ4n) is 2.83. The average Bonchev–Trinajstić information content (AvgIpc) is 3.30. The number of halogens is 1. The molecule has 24 heavy (non-hydrogen) atoms.